The molecule has 0 N–H and O–H groups in total. The second-order valence-electron chi connectivity index (χ2n) is 5.54. The molecule has 0 nitrogen and oxygen atoms in total. The van der Waals surface area contributed by atoms with Crippen LogP contribution in [0.5, 0.6) is 0 Å². The number of hydrogen-bond acceptors (Lipinski definition) is 0. The van der Waals surface area contributed by atoms with Crippen LogP contribution in [-0.2, 0) is 0 Å². The highest BCUT2D eigenvalue weighted by Crippen LogP contribution is 2.46. The Morgan fingerprint density at radius 3 is 2.61 bits per heavy atom. The number of halogens is 1. The highest BCUT2D eigenvalue weighted by Gasteiger charge is 2.30. The van der Waals surface area contributed by atoms with Crippen LogP contribution in [0.2, 0.25) is 0 Å². The largest absolute Gasteiger partial charge is 0.0835 e. The first-order valence-corrected chi connectivity index (χ1v) is 7.80. The minimum atomic E-state index is 0.501. The predicted octanol–water partition coefficient (Wildman–Crippen LogP) is 5.71. The smallest absolute Gasteiger partial charge is 0.0432 e. The Balaban J connectivity index is 2.03. The van der Waals surface area contributed by atoms with E-state index in [9.17, 15) is 0 Å². The van der Waals surface area contributed by atoms with Crippen molar-refractivity contribution in [2.24, 2.45) is 11.8 Å². The van der Waals surface area contributed by atoms with Gasteiger partial charge in [-0.2, -0.15) is 0 Å². The Morgan fingerprint density at radius 2 is 1.83 bits per heavy atom. The van der Waals surface area contributed by atoms with Crippen molar-refractivity contribution < 1.29 is 0 Å². The number of hydrogen-bond donors (Lipinski definition) is 0. The van der Waals surface area contributed by atoms with E-state index in [4.69, 9.17) is 0 Å². The number of alkyl halides is 1. The first-order chi connectivity index (χ1) is 8.77. The van der Waals surface area contributed by atoms with Gasteiger partial charge in [-0.1, -0.05) is 78.2 Å². The third-order valence-electron chi connectivity index (χ3n) is 4.42. The quantitative estimate of drug-likeness (QED) is 0.623. The van der Waals surface area contributed by atoms with Gasteiger partial charge in [0.25, 0.3) is 0 Å². The summed E-state index contributed by atoms with van der Waals surface area (Å²) in [6, 6.07) is 15.4. The van der Waals surface area contributed by atoms with Crippen LogP contribution in [0.3, 0.4) is 0 Å². The molecule has 2 aromatic carbocycles. The van der Waals surface area contributed by atoms with Crippen LogP contribution in [-0.4, -0.2) is 0 Å². The lowest BCUT2D eigenvalue weighted by Crippen LogP contribution is -2.10. The molecular weight excluding hydrogens is 284 g/mol. The van der Waals surface area contributed by atoms with Gasteiger partial charge in [-0.15, -0.1) is 0 Å². The van der Waals surface area contributed by atoms with E-state index in [0.717, 1.165) is 11.8 Å². The van der Waals surface area contributed by atoms with Crippen molar-refractivity contribution in [3.63, 3.8) is 0 Å². The molecule has 1 aliphatic carbocycles. The van der Waals surface area contributed by atoms with Crippen molar-refractivity contribution in [2.75, 3.05) is 0 Å². The Bertz CT molecular complexity index is 541. The van der Waals surface area contributed by atoms with E-state index in [1.807, 2.05) is 0 Å². The molecule has 1 fully saturated rings. The first kappa shape index (κ1) is 12.2. The summed E-state index contributed by atoms with van der Waals surface area (Å²) in [5, 5.41) is 2.76. The second-order valence-corrected chi connectivity index (χ2v) is 6.53. The molecule has 3 atom stereocenters. The molecule has 1 aliphatic rings. The molecule has 0 aromatic heterocycles. The van der Waals surface area contributed by atoms with E-state index in [2.05, 4.69) is 65.3 Å². The number of fused-ring (bicyclic) bond motifs is 1. The molecule has 3 unspecified atom stereocenters. The fourth-order valence-corrected chi connectivity index (χ4v) is 4.52. The zero-order valence-corrected chi connectivity index (χ0v) is 12.4. The molecule has 0 bridgehead atoms. The normalized spacial score (nSPS) is 25.4. The fourth-order valence-electron chi connectivity index (χ4n) is 3.33. The third kappa shape index (κ3) is 2.09. The van der Waals surface area contributed by atoms with E-state index in [1.165, 1.54) is 35.6 Å². The van der Waals surface area contributed by atoms with Crippen molar-refractivity contribution in [3.8, 4) is 0 Å². The van der Waals surface area contributed by atoms with Gasteiger partial charge in [0.1, 0.15) is 0 Å². The maximum atomic E-state index is 3.97. The van der Waals surface area contributed by atoms with E-state index >= 15 is 0 Å². The fraction of sp³-hybridized carbons (Fsp3) is 0.412. The molecule has 94 valence electrons. The van der Waals surface area contributed by atoms with E-state index in [-0.39, 0.29) is 0 Å². The van der Waals surface area contributed by atoms with Crippen LogP contribution in [0.1, 0.15) is 36.6 Å². The molecule has 0 spiro atoms. The average molecular weight is 303 g/mol. The lowest BCUT2D eigenvalue weighted by molar-refractivity contribution is 0.415. The van der Waals surface area contributed by atoms with Gasteiger partial charge in [0.2, 0.25) is 0 Å². The zero-order valence-electron chi connectivity index (χ0n) is 10.8. The molecule has 1 heteroatoms. The lowest BCUT2D eigenvalue weighted by atomic mass is 9.89. The molecule has 0 aliphatic heterocycles. The van der Waals surface area contributed by atoms with Gasteiger partial charge >= 0.3 is 0 Å². The molecule has 18 heavy (non-hydrogen) atoms. The molecule has 1 saturated carbocycles. The summed E-state index contributed by atoms with van der Waals surface area (Å²) in [5.74, 6) is 1.63. The van der Waals surface area contributed by atoms with Crippen molar-refractivity contribution in [1.82, 2.24) is 0 Å². The van der Waals surface area contributed by atoms with Gasteiger partial charge in [-0.05, 0) is 34.6 Å². The van der Waals surface area contributed by atoms with Crippen LogP contribution in [0.4, 0.5) is 0 Å². The standard InChI is InChI=1S/C17H19Br/c1-12-6-4-10-14(12)17(18)16-11-5-8-13-7-2-3-9-15(13)16/h2-3,5,7-9,11-12,14,17H,4,6,10H2,1H3. The topological polar surface area (TPSA) is 0 Å². The minimum absolute atomic E-state index is 0.501. The Morgan fingerprint density at radius 1 is 1.06 bits per heavy atom. The summed E-state index contributed by atoms with van der Waals surface area (Å²) in [4.78, 5) is 0.501. The SMILES string of the molecule is CC1CCCC1C(Br)c1cccc2ccccc12. The predicted molar refractivity (Wildman–Crippen MR) is 82.1 cm³/mol. The summed E-state index contributed by atoms with van der Waals surface area (Å²) in [6.07, 6.45) is 4.14. The van der Waals surface area contributed by atoms with Crippen LogP contribution in [0.15, 0.2) is 42.5 Å². The van der Waals surface area contributed by atoms with E-state index < -0.39 is 0 Å². The van der Waals surface area contributed by atoms with Gasteiger partial charge in [0.15, 0.2) is 0 Å². The minimum Gasteiger partial charge on any atom is -0.0835 e. The van der Waals surface area contributed by atoms with Gasteiger partial charge in [-0.25, -0.2) is 0 Å². The average Bonchev–Trinajstić information content (AvgIpc) is 2.83. The van der Waals surface area contributed by atoms with E-state index in [0.29, 0.717) is 4.83 Å². The van der Waals surface area contributed by atoms with Crippen LogP contribution < -0.4 is 0 Å². The Hall–Kier alpha value is -0.820. The van der Waals surface area contributed by atoms with Gasteiger partial charge in [0.05, 0.1) is 0 Å². The van der Waals surface area contributed by atoms with Crippen molar-refractivity contribution in [2.45, 2.75) is 31.0 Å². The van der Waals surface area contributed by atoms with Gasteiger partial charge in [0, 0.05) is 4.83 Å². The molecule has 0 radical (unpaired) electrons. The summed E-state index contributed by atoms with van der Waals surface area (Å²) in [7, 11) is 0. The lowest BCUT2D eigenvalue weighted by Gasteiger charge is -2.23. The third-order valence-corrected chi connectivity index (χ3v) is 5.60. The molecule has 3 rings (SSSR count). The molecule has 0 heterocycles. The van der Waals surface area contributed by atoms with E-state index in [1.54, 1.807) is 0 Å². The monoisotopic (exact) mass is 302 g/mol. The van der Waals surface area contributed by atoms with Gasteiger partial charge < -0.3 is 0 Å². The summed E-state index contributed by atoms with van der Waals surface area (Å²) >= 11 is 3.97. The molecule has 0 amide bonds. The van der Waals surface area contributed by atoms with Gasteiger partial charge in [-0.3, -0.25) is 0 Å². The maximum Gasteiger partial charge on any atom is 0.0432 e. The molecule has 2 aromatic rings. The summed E-state index contributed by atoms with van der Waals surface area (Å²) in [6.45, 7) is 2.40. The number of benzene rings is 2. The van der Waals surface area contributed by atoms with Crippen molar-refractivity contribution in [1.29, 1.82) is 0 Å². The Labute approximate surface area is 118 Å². The maximum absolute atomic E-state index is 3.97. The highest BCUT2D eigenvalue weighted by molar-refractivity contribution is 9.09. The summed E-state index contributed by atoms with van der Waals surface area (Å²) < 4.78 is 0. The van der Waals surface area contributed by atoms with Crippen LogP contribution in [0, 0.1) is 11.8 Å². The van der Waals surface area contributed by atoms with Crippen LogP contribution in [0.25, 0.3) is 10.8 Å². The zero-order chi connectivity index (χ0) is 12.5. The first-order valence-electron chi connectivity index (χ1n) is 6.89. The number of rotatable bonds is 2. The second kappa shape index (κ2) is 5.05. The molecule has 0 saturated heterocycles. The van der Waals surface area contributed by atoms with Crippen LogP contribution >= 0.6 is 15.9 Å². The summed E-state index contributed by atoms with van der Waals surface area (Å²) in [5.41, 5.74) is 1.46. The highest BCUT2D eigenvalue weighted by atomic mass is 79.9. The Kier molecular flexibility index (Phi) is 3.43. The van der Waals surface area contributed by atoms with Crippen molar-refractivity contribution >= 4 is 26.7 Å². The molecular formula is C17H19Br. The van der Waals surface area contributed by atoms with Crippen molar-refractivity contribution in [3.05, 3.63) is 48.0 Å².